The van der Waals surface area contributed by atoms with Gasteiger partial charge in [-0.2, -0.15) is 0 Å². The summed E-state index contributed by atoms with van der Waals surface area (Å²) < 4.78 is 35.1. The van der Waals surface area contributed by atoms with E-state index in [0.717, 1.165) is 11.3 Å². The van der Waals surface area contributed by atoms with Crippen LogP contribution in [-0.4, -0.2) is 33.2 Å². The molecular formula is C19H26N2O3SSi. The molecule has 1 atom stereocenters. The molecule has 0 saturated heterocycles. The van der Waals surface area contributed by atoms with Crippen LogP contribution >= 0.6 is 0 Å². The second-order valence-electron chi connectivity index (χ2n) is 8.22. The minimum atomic E-state index is -3.52. The molecule has 0 N–H and O–H groups in total. The zero-order valence-electron chi connectivity index (χ0n) is 15.9. The molecule has 26 heavy (non-hydrogen) atoms. The lowest BCUT2D eigenvalue weighted by atomic mass is 10.0. The summed E-state index contributed by atoms with van der Waals surface area (Å²) in [6, 6.07) is 7.41. The Balaban J connectivity index is 2.04. The average Bonchev–Trinajstić information content (AvgIpc) is 2.52. The number of allylic oxidation sites excluding steroid dienone is 2. The van der Waals surface area contributed by atoms with Crippen LogP contribution in [0.4, 0.5) is 0 Å². The van der Waals surface area contributed by atoms with Crippen molar-refractivity contribution < 1.29 is 12.8 Å². The Morgan fingerprint density at radius 2 is 1.88 bits per heavy atom. The third kappa shape index (κ3) is 3.64. The molecule has 0 spiro atoms. The summed E-state index contributed by atoms with van der Waals surface area (Å²) in [4.78, 5) is 1.91. The molecule has 0 saturated carbocycles. The molecule has 1 aromatic carbocycles. The summed E-state index contributed by atoms with van der Waals surface area (Å²) >= 11 is 0. The van der Waals surface area contributed by atoms with Crippen LogP contribution < -0.4 is 4.43 Å². The van der Waals surface area contributed by atoms with Crippen LogP contribution in [-0.2, 0) is 10.0 Å². The number of fused-ring (bicyclic) bond motifs is 1. The fourth-order valence-electron chi connectivity index (χ4n) is 2.76. The van der Waals surface area contributed by atoms with Crippen molar-refractivity contribution in [2.75, 3.05) is 5.75 Å². The Morgan fingerprint density at radius 1 is 1.19 bits per heavy atom. The number of sulfonamides is 1. The van der Waals surface area contributed by atoms with E-state index in [1.165, 1.54) is 0 Å². The first-order valence-corrected chi connectivity index (χ1v) is 13.3. The minimum absolute atomic E-state index is 0.0547. The molecule has 0 fully saturated rings. The maximum absolute atomic E-state index is 12.3. The first kappa shape index (κ1) is 18.9. The summed E-state index contributed by atoms with van der Waals surface area (Å²) in [5.41, 5.74) is 0.883. The van der Waals surface area contributed by atoms with E-state index in [0.29, 0.717) is 5.84 Å². The molecule has 5 nitrogen and oxygen atoms in total. The van der Waals surface area contributed by atoms with E-state index < -0.39 is 18.3 Å². The average molecular weight is 391 g/mol. The van der Waals surface area contributed by atoms with E-state index in [-0.39, 0.29) is 16.8 Å². The normalized spacial score (nSPS) is 22.0. The van der Waals surface area contributed by atoms with Gasteiger partial charge in [0.2, 0.25) is 8.32 Å². The van der Waals surface area contributed by atoms with Gasteiger partial charge in [-0.25, -0.2) is 8.42 Å². The molecular weight excluding hydrogens is 364 g/mol. The van der Waals surface area contributed by atoms with E-state index in [1.54, 1.807) is 12.2 Å². The van der Waals surface area contributed by atoms with E-state index >= 15 is 0 Å². The topological polar surface area (TPSA) is 59.0 Å². The Hall–Kier alpha value is -1.86. The quantitative estimate of drug-likeness (QED) is 0.724. The zero-order chi connectivity index (χ0) is 19.2. The lowest BCUT2D eigenvalue weighted by Crippen LogP contribution is -2.45. The molecule has 2 aliphatic heterocycles. The van der Waals surface area contributed by atoms with Crippen LogP contribution in [0.1, 0.15) is 32.4 Å². The number of para-hydroxylation sites is 1. The summed E-state index contributed by atoms with van der Waals surface area (Å²) in [6.07, 6.45) is 7.29. The van der Waals surface area contributed by atoms with Gasteiger partial charge in [-0.15, -0.1) is 4.40 Å². The van der Waals surface area contributed by atoms with Crippen molar-refractivity contribution in [2.45, 2.75) is 44.9 Å². The Morgan fingerprint density at radius 3 is 2.58 bits per heavy atom. The van der Waals surface area contributed by atoms with Crippen molar-refractivity contribution in [3.8, 4) is 5.75 Å². The Labute approximate surface area is 157 Å². The molecule has 140 valence electrons. The van der Waals surface area contributed by atoms with Crippen LogP contribution in [0.5, 0.6) is 5.75 Å². The monoisotopic (exact) mass is 390 g/mol. The SMILES string of the molecule is CC(C)(C)[Si](C)(C)Oc1ccccc1C1CS(=O)(=O)N=C2C=CC=CN21. The molecule has 0 radical (unpaired) electrons. The summed E-state index contributed by atoms with van der Waals surface area (Å²) in [6.45, 7) is 11.0. The van der Waals surface area contributed by atoms with Gasteiger partial charge in [-0.3, -0.25) is 0 Å². The predicted octanol–water partition coefficient (Wildman–Crippen LogP) is 4.24. The first-order valence-electron chi connectivity index (χ1n) is 8.74. The molecule has 0 bridgehead atoms. The van der Waals surface area contributed by atoms with E-state index in [4.69, 9.17) is 4.43 Å². The minimum Gasteiger partial charge on any atom is -0.543 e. The van der Waals surface area contributed by atoms with Crippen molar-refractivity contribution >= 4 is 24.2 Å². The van der Waals surface area contributed by atoms with Gasteiger partial charge in [0.1, 0.15) is 11.6 Å². The fraction of sp³-hybridized carbons (Fsp3) is 0.421. The highest BCUT2D eigenvalue weighted by Crippen LogP contribution is 2.41. The Bertz CT molecular complexity index is 896. The molecule has 7 heteroatoms. The maximum atomic E-state index is 12.3. The summed E-state index contributed by atoms with van der Waals surface area (Å²) in [5, 5.41) is 0.0547. The molecule has 2 aliphatic rings. The second kappa shape index (κ2) is 6.39. The lowest BCUT2D eigenvalue weighted by molar-refractivity contribution is 0.413. The van der Waals surface area contributed by atoms with Crippen molar-refractivity contribution in [3.05, 3.63) is 54.3 Å². The highest BCUT2D eigenvalue weighted by molar-refractivity contribution is 7.90. The van der Waals surface area contributed by atoms with Crippen LogP contribution in [0.2, 0.25) is 18.1 Å². The predicted molar refractivity (Wildman–Crippen MR) is 108 cm³/mol. The van der Waals surface area contributed by atoms with Gasteiger partial charge in [0.05, 0.1) is 11.8 Å². The van der Waals surface area contributed by atoms with Crippen molar-refractivity contribution in [2.24, 2.45) is 4.40 Å². The standard InChI is InChI=1S/C19H26N2O3SSi/c1-19(2,3)26(4,5)24-17-11-7-6-10-15(17)16-14-25(22,23)20-18-12-8-9-13-21(16)18/h6-13,16H,14H2,1-5H3. The lowest BCUT2D eigenvalue weighted by Gasteiger charge is -2.39. The fourth-order valence-corrected chi connectivity index (χ4v) is 5.06. The summed E-state index contributed by atoms with van der Waals surface area (Å²) in [5.74, 6) is 1.15. The highest BCUT2D eigenvalue weighted by atomic mass is 32.2. The van der Waals surface area contributed by atoms with Gasteiger partial charge in [-0.05, 0) is 36.4 Å². The maximum Gasteiger partial charge on any atom is 0.257 e. The van der Waals surface area contributed by atoms with Gasteiger partial charge >= 0.3 is 0 Å². The van der Waals surface area contributed by atoms with Crippen LogP contribution in [0.25, 0.3) is 0 Å². The van der Waals surface area contributed by atoms with Crippen LogP contribution in [0, 0.1) is 0 Å². The zero-order valence-corrected chi connectivity index (χ0v) is 17.7. The van der Waals surface area contributed by atoms with Gasteiger partial charge < -0.3 is 9.33 Å². The molecule has 1 aromatic rings. The van der Waals surface area contributed by atoms with Gasteiger partial charge in [0.15, 0.2) is 0 Å². The number of nitrogens with zero attached hydrogens (tertiary/aromatic N) is 2. The molecule has 0 aliphatic carbocycles. The third-order valence-electron chi connectivity index (χ3n) is 5.25. The number of amidine groups is 1. The molecule has 0 amide bonds. The van der Waals surface area contributed by atoms with Gasteiger partial charge in [-0.1, -0.05) is 45.0 Å². The first-order chi connectivity index (χ1) is 12.0. The number of rotatable bonds is 3. The molecule has 1 unspecified atom stereocenters. The van der Waals surface area contributed by atoms with E-state index in [9.17, 15) is 8.42 Å². The molecule has 0 aromatic heterocycles. The molecule has 3 rings (SSSR count). The molecule has 2 heterocycles. The van der Waals surface area contributed by atoms with Crippen molar-refractivity contribution in [3.63, 3.8) is 0 Å². The number of hydrogen-bond donors (Lipinski definition) is 0. The van der Waals surface area contributed by atoms with Gasteiger partial charge in [0, 0.05) is 11.8 Å². The third-order valence-corrected chi connectivity index (χ3v) is 10.8. The Kier molecular flexibility index (Phi) is 4.65. The van der Waals surface area contributed by atoms with Crippen molar-refractivity contribution in [1.29, 1.82) is 0 Å². The number of hydrogen-bond acceptors (Lipinski definition) is 4. The summed E-state index contributed by atoms with van der Waals surface area (Å²) in [7, 11) is -5.57. The van der Waals surface area contributed by atoms with E-state index in [1.807, 2.05) is 41.4 Å². The second-order valence-corrected chi connectivity index (χ2v) is 14.6. The largest absolute Gasteiger partial charge is 0.543 e. The number of benzene rings is 1. The van der Waals surface area contributed by atoms with Crippen LogP contribution in [0.3, 0.4) is 0 Å². The van der Waals surface area contributed by atoms with Crippen molar-refractivity contribution in [1.82, 2.24) is 4.90 Å². The van der Waals surface area contributed by atoms with E-state index in [2.05, 4.69) is 38.3 Å². The van der Waals surface area contributed by atoms with Gasteiger partial charge in [0.25, 0.3) is 10.0 Å². The highest BCUT2D eigenvalue weighted by Gasteiger charge is 2.41. The van der Waals surface area contributed by atoms with Crippen LogP contribution in [0.15, 0.2) is 53.1 Å². The smallest absolute Gasteiger partial charge is 0.257 e.